The summed E-state index contributed by atoms with van der Waals surface area (Å²) in [5.41, 5.74) is 5.28. The Morgan fingerprint density at radius 3 is 1.90 bits per heavy atom. The number of pyridine rings is 2. The zero-order chi connectivity index (χ0) is 36.5. The number of rotatable bonds is 0. The molecule has 0 saturated carbocycles. The molecule has 1 aliphatic heterocycles. The van der Waals surface area contributed by atoms with Gasteiger partial charge in [-0.2, -0.15) is 5.10 Å². The summed E-state index contributed by atoms with van der Waals surface area (Å²) in [6.07, 6.45) is 6.18. The summed E-state index contributed by atoms with van der Waals surface area (Å²) in [6.45, 7) is 12.2. The molecule has 0 unspecified atom stereocenters. The third-order valence-electron chi connectivity index (χ3n) is 6.09. The van der Waals surface area contributed by atoms with Gasteiger partial charge in [0.1, 0.15) is 5.82 Å². The maximum Gasteiger partial charge on any atom is 0.231 e. The molecule has 1 aliphatic rings. The second-order valence-corrected chi connectivity index (χ2v) is 13.8. The lowest BCUT2D eigenvalue weighted by molar-refractivity contribution is 0.174. The van der Waals surface area contributed by atoms with Gasteiger partial charge in [0.05, 0.1) is 42.7 Å². The van der Waals surface area contributed by atoms with Gasteiger partial charge in [-0.05, 0) is 95.6 Å². The summed E-state index contributed by atoms with van der Waals surface area (Å²) in [5.74, 6) is 1.43. The highest BCUT2D eigenvalue weighted by Gasteiger charge is 2.11. The smallest absolute Gasteiger partial charge is 0.231 e. The van der Waals surface area contributed by atoms with E-state index in [9.17, 15) is 4.39 Å². The van der Waals surface area contributed by atoms with Gasteiger partial charge >= 0.3 is 0 Å². The summed E-state index contributed by atoms with van der Waals surface area (Å²) in [6, 6.07) is 20.8. The Kier molecular flexibility index (Phi) is 16.8. The van der Waals surface area contributed by atoms with Crippen molar-refractivity contribution >= 4 is 56.1 Å². The maximum atomic E-state index is 12.0. The van der Waals surface area contributed by atoms with Gasteiger partial charge in [-0.25, -0.2) is 14.4 Å². The molecule has 13 heteroatoms. The number of fused-ring (bicyclic) bond motifs is 2. The van der Waals surface area contributed by atoms with Gasteiger partial charge in [-0.3, -0.25) is 14.6 Å². The Morgan fingerprint density at radius 1 is 0.720 bits per heavy atom. The zero-order valence-corrected chi connectivity index (χ0v) is 32.0. The van der Waals surface area contributed by atoms with Gasteiger partial charge in [0.2, 0.25) is 6.79 Å². The van der Waals surface area contributed by atoms with Crippen molar-refractivity contribution in [2.75, 3.05) is 6.79 Å². The van der Waals surface area contributed by atoms with E-state index < -0.39 is 0 Å². The van der Waals surface area contributed by atoms with E-state index in [2.05, 4.69) is 36.5 Å². The third-order valence-corrected chi connectivity index (χ3v) is 8.35. The first-order valence-electron chi connectivity index (χ1n) is 15.3. The summed E-state index contributed by atoms with van der Waals surface area (Å²) < 4.78 is 25.2. The van der Waals surface area contributed by atoms with Crippen molar-refractivity contribution in [3.05, 3.63) is 145 Å². The van der Waals surface area contributed by atoms with Crippen molar-refractivity contribution in [1.82, 2.24) is 29.7 Å². The number of halogens is 3. The molecule has 0 amide bonds. The normalized spacial score (nSPS) is 10.4. The van der Waals surface area contributed by atoms with E-state index in [0.717, 1.165) is 44.1 Å². The van der Waals surface area contributed by atoms with Crippen molar-refractivity contribution in [2.45, 2.75) is 41.5 Å². The fourth-order valence-corrected chi connectivity index (χ4v) is 5.47. The number of nitrogens with zero attached hydrogens (tertiary/aromatic N) is 6. The zero-order valence-electron chi connectivity index (χ0n) is 28.9. The first-order valence-corrected chi connectivity index (χ1v) is 17.7. The van der Waals surface area contributed by atoms with E-state index >= 15 is 0 Å². The Balaban J connectivity index is 0.000000163. The fraction of sp³-hybridized carbons (Fsp3) is 0.216. The van der Waals surface area contributed by atoms with Crippen LogP contribution in [0.5, 0.6) is 11.5 Å². The fourth-order valence-electron chi connectivity index (χ4n) is 3.75. The second kappa shape index (κ2) is 20.9. The van der Waals surface area contributed by atoms with Crippen molar-refractivity contribution in [2.24, 2.45) is 7.05 Å². The first-order chi connectivity index (χ1) is 23.9. The van der Waals surface area contributed by atoms with Crippen LogP contribution in [0.3, 0.4) is 0 Å². The number of aryl methyl sites for hydroxylation is 7. The minimum atomic E-state index is -0.282. The molecule has 0 N–H and O–H groups in total. The van der Waals surface area contributed by atoms with Crippen LogP contribution >= 0.6 is 45.9 Å². The number of hydrogen-bond donors (Lipinski definition) is 0. The number of thiazole rings is 2. The van der Waals surface area contributed by atoms with Crippen LogP contribution in [0.4, 0.5) is 4.39 Å². The lowest BCUT2D eigenvalue weighted by Crippen LogP contribution is -1.92. The molecule has 6 heterocycles. The van der Waals surface area contributed by atoms with E-state index in [4.69, 9.17) is 32.7 Å². The van der Waals surface area contributed by atoms with Crippen LogP contribution in [0.15, 0.2) is 96.9 Å². The van der Waals surface area contributed by atoms with Gasteiger partial charge in [-0.1, -0.05) is 41.4 Å². The predicted molar refractivity (Wildman–Crippen MR) is 204 cm³/mol. The van der Waals surface area contributed by atoms with Crippen LogP contribution in [0.1, 0.15) is 32.7 Å². The number of aromatic nitrogens is 6. The van der Waals surface area contributed by atoms with Crippen LogP contribution in [-0.4, -0.2) is 36.5 Å². The lowest BCUT2D eigenvalue weighted by atomic mass is 10.2. The van der Waals surface area contributed by atoms with Gasteiger partial charge < -0.3 is 9.47 Å². The highest BCUT2D eigenvalue weighted by molar-refractivity contribution is 7.18. The molecule has 50 heavy (non-hydrogen) atoms. The average molecular weight is 754 g/mol. The molecule has 0 radical (unpaired) electrons. The summed E-state index contributed by atoms with van der Waals surface area (Å²) in [5, 5.41) is 9.52. The molecule has 0 spiro atoms. The van der Waals surface area contributed by atoms with E-state index in [1.807, 2.05) is 97.1 Å². The van der Waals surface area contributed by atoms with Crippen molar-refractivity contribution in [3.8, 4) is 11.5 Å². The second-order valence-electron chi connectivity index (χ2n) is 10.6. The highest BCUT2D eigenvalue weighted by Crippen LogP contribution is 2.32. The summed E-state index contributed by atoms with van der Waals surface area (Å²) in [4.78, 5) is 16.1. The van der Waals surface area contributed by atoms with Crippen molar-refractivity contribution in [3.63, 3.8) is 0 Å². The largest absolute Gasteiger partial charge is 0.454 e. The Bertz CT molecular complexity index is 1830. The molecule has 5 aromatic heterocycles. The van der Waals surface area contributed by atoms with Gasteiger partial charge in [0.15, 0.2) is 11.5 Å². The monoisotopic (exact) mass is 752 g/mol. The van der Waals surface area contributed by atoms with Crippen LogP contribution in [0.25, 0.3) is 10.2 Å². The quantitative estimate of drug-likeness (QED) is 0.152. The van der Waals surface area contributed by atoms with E-state index in [1.54, 1.807) is 52.0 Å². The topological polar surface area (TPSA) is 87.8 Å². The Hall–Kier alpha value is -4.42. The standard InChI is InChI=1S/C8H7NS.C8H8O2.C6H6ClN.C6H6FN.C5H7NS.C4H5ClN2/c1-6-9-7-4-2-3-5-8(7)10-6;1-6-2-3-7-8(4-6)10-5-9-7;2*1-5-2-3-6(7)4-8-5;1-4-3-7-5(2)6-4;1-7-3-4(5)2-6-7/h2-5H,1H3;2-4H,5H2,1H3;2*2-4H,1H3;3H,1-2H3;2-3H,1H3. The molecular formula is C37H39Cl2FN6O2S2. The minimum Gasteiger partial charge on any atom is -0.454 e. The van der Waals surface area contributed by atoms with Crippen molar-refractivity contribution in [1.29, 1.82) is 0 Å². The van der Waals surface area contributed by atoms with Gasteiger partial charge in [0.25, 0.3) is 0 Å². The molecule has 2 aromatic carbocycles. The number of hydrogen-bond acceptors (Lipinski definition) is 9. The van der Waals surface area contributed by atoms with Crippen LogP contribution in [0, 0.1) is 47.4 Å². The number of benzene rings is 2. The lowest BCUT2D eigenvalue weighted by Gasteiger charge is -1.94. The molecule has 0 atom stereocenters. The van der Waals surface area contributed by atoms with Gasteiger partial charge in [-0.15, -0.1) is 22.7 Å². The van der Waals surface area contributed by atoms with E-state index in [1.165, 1.54) is 22.5 Å². The van der Waals surface area contributed by atoms with Crippen LogP contribution in [0.2, 0.25) is 10.0 Å². The highest BCUT2D eigenvalue weighted by atomic mass is 35.5. The molecule has 0 aliphatic carbocycles. The first kappa shape index (κ1) is 40.0. The maximum absolute atomic E-state index is 12.0. The van der Waals surface area contributed by atoms with Crippen molar-refractivity contribution < 1.29 is 13.9 Å². The Morgan fingerprint density at radius 2 is 1.42 bits per heavy atom. The van der Waals surface area contributed by atoms with E-state index in [0.29, 0.717) is 16.8 Å². The average Bonchev–Trinajstić information content (AvgIpc) is 3.89. The molecule has 8 rings (SSSR count). The molecule has 0 saturated heterocycles. The number of para-hydroxylation sites is 1. The van der Waals surface area contributed by atoms with Crippen LogP contribution < -0.4 is 9.47 Å². The van der Waals surface area contributed by atoms with Gasteiger partial charge in [0, 0.05) is 41.9 Å². The third kappa shape index (κ3) is 15.4. The SMILES string of the molecule is Cc1ccc(Cl)cn1.Cc1ccc(F)cn1.Cc1ccc2c(c1)OCO2.Cc1csc(C)n1.Cc1nc2ccccc2s1.Cn1cc(Cl)cn1. The van der Waals surface area contributed by atoms with E-state index in [-0.39, 0.29) is 5.82 Å². The van der Waals surface area contributed by atoms with Crippen LogP contribution in [-0.2, 0) is 7.05 Å². The molecular weight excluding hydrogens is 714 g/mol. The number of ether oxygens (including phenoxy) is 2. The molecule has 8 nitrogen and oxygen atoms in total. The summed E-state index contributed by atoms with van der Waals surface area (Å²) in [7, 11) is 1.83. The molecule has 0 bridgehead atoms. The Labute approximate surface area is 310 Å². The predicted octanol–water partition coefficient (Wildman–Crippen LogP) is 10.7. The molecule has 0 fully saturated rings. The minimum absolute atomic E-state index is 0.282. The molecule has 262 valence electrons. The molecule has 7 aromatic rings. The summed E-state index contributed by atoms with van der Waals surface area (Å²) >= 11 is 14.5.